The van der Waals surface area contributed by atoms with Crippen LogP contribution in [0.3, 0.4) is 0 Å². The molecule has 0 bridgehead atoms. The second-order valence-electron chi connectivity index (χ2n) is 5.18. The van der Waals surface area contributed by atoms with Gasteiger partial charge in [0.15, 0.2) is 5.01 Å². The van der Waals surface area contributed by atoms with Crippen molar-refractivity contribution >= 4 is 44.0 Å². The normalized spacial score (nSPS) is 11.4. The lowest BCUT2D eigenvalue weighted by Crippen LogP contribution is -2.17. The summed E-state index contributed by atoms with van der Waals surface area (Å²) in [7, 11) is -4.11. The van der Waals surface area contributed by atoms with Crippen LogP contribution in [0.15, 0.2) is 41.3 Å². The zero-order chi connectivity index (χ0) is 19.8. The molecule has 27 heavy (non-hydrogen) atoms. The number of nitrogens with one attached hydrogen (secondary N) is 1. The van der Waals surface area contributed by atoms with Crippen molar-refractivity contribution in [2.45, 2.75) is 4.90 Å². The molecule has 3 aromatic rings. The summed E-state index contributed by atoms with van der Waals surface area (Å²) in [5, 5.41) is 15.3. The zero-order valence-electron chi connectivity index (χ0n) is 13.1. The molecule has 0 radical (unpaired) electrons. The summed E-state index contributed by atoms with van der Waals surface area (Å²) in [6, 6.07) is 6.27. The Balaban J connectivity index is 1.87. The van der Waals surface area contributed by atoms with Crippen molar-refractivity contribution in [2.75, 3.05) is 5.32 Å². The molecule has 1 amide bonds. The van der Waals surface area contributed by atoms with E-state index in [2.05, 4.69) is 15.5 Å². The number of carbonyl (C=O) groups is 1. The van der Waals surface area contributed by atoms with Gasteiger partial charge in [0.2, 0.25) is 15.2 Å². The highest BCUT2D eigenvalue weighted by Gasteiger charge is 2.19. The second kappa shape index (κ2) is 7.27. The Morgan fingerprint density at radius 2 is 1.89 bits per heavy atom. The van der Waals surface area contributed by atoms with Crippen molar-refractivity contribution < 1.29 is 22.0 Å². The largest absolute Gasteiger partial charge is 0.296 e. The quantitative estimate of drug-likeness (QED) is 0.660. The first-order valence-corrected chi connectivity index (χ1v) is 9.82. The van der Waals surface area contributed by atoms with E-state index in [0.29, 0.717) is 10.6 Å². The molecule has 0 aliphatic carbocycles. The van der Waals surface area contributed by atoms with Gasteiger partial charge in [-0.2, -0.15) is 0 Å². The van der Waals surface area contributed by atoms with Crippen LogP contribution in [0.25, 0.3) is 10.6 Å². The minimum atomic E-state index is -4.11. The van der Waals surface area contributed by atoms with Crippen LogP contribution in [0.4, 0.5) is 13.9 Å². The van der Waals surface area contributed by atoms with E-state index < -0.39 is 38.0 Å². The van der Waals surface area contributed by atoms with Crippen LogP contribution >= 0.6 is 22.9 Å². The number of rotatable bonds is 4. The molecule has 0 saturated carbocycles. The molecule has 0 fully saturated rings. The zero-order valence-corrected chi connectivity index (χ0v) is 15.5. The molecule has 0 atom stereocenters. The number of halogens is 3. The number of hydrogen-bond donors (Lipinski definition) is 2. The predicted molar refractivity (Wildman–Crippen MR) is 96.0 cm³/mol. The van der Waals surface area contributed by atoms with Gasteiger partial charge in [-0.1, -0.05) is 22.9 Å². The van der Waals surface area contributed by atoms with Gasteiger partial charge in [-0.3, -0.25) is 10.1 Å². The fourth-order valence-corrected chi connectivity index (χ4v) is 3.70. The number of primary sulfonamides is 1. The first kappa shape index (κ1) is 19.3. The van der Waals surface area contributed by atoms with Gasteiger partial charge in [-0.05, 0) is 36.4 Å². The number of nitrogens with zero attached hydrogens (tertiary/aromatic N) is 2. The third-order valence-corrected chi connectivity index (χ3v) is 5.41. The molecule has 0 aliphatic rings. The van der Waals surface area contributed by atoms with Crippen LogP contribution in [0.5, 0.6) is 0 Å². The summed E-state index contributed by atoms with van der Waals surface area (Å²) in [4.78, 5) is 11.8. The van der Waals surface area contributed by atoms with E-state index >= 15 is 0 Å². The molecule has 1 aromatic heterocycles. The SMILES string of the molecule is NS(=O)(=O)c1ccc(F)c(C(=O)Nc2nnc(-c3ccc(F)cc3Cl)s2)c1. The number of anilines is 1. The Kier molecular flexibility index (Phi) is 5.20. The van der Waals surface area contributed by atoms with Gasteiger partial charge >= 0.3 is 0 Å². The number of carbonyl (C=O) groups excluding carboxylic acids is 1. The maximum absolute atomic E-state index is 13.9. The fourth-order valence-electron chi connectivity index (χ4n) is 2.07. The molecule has 1 heterocycles. The van der Waals surface area contributed by atoms with Gasteiger partial charge in [0.1, 0.15) is 11.6 Å². The molecule has 3 rings (SSSR count). The van der Waals surface area contributed by atoms with E-state index in [1.54, 1.807) is 0 Å². The Bertz CT molecular complexity index is 1150. The lowest BCUT2D eigenvalue weighted by Gasteiger charge is -2.05. The smallest absolute Gasteiger partial charge is 0.260 e. The number of hydrogen-bond acceptors (Lipinski definition) is 6. The minimum absolute atomic E-state index is 0.0100. The topological polar surface area (TPSA) is 115 Å². The van der Waals surface area contributed by atoms with Gasteiger partial charge in [0.05, 0.1) is 15.5 Å². The van der Waals surface area contributed by atoms with E-state index in [-0.39, 0.29) is 10.2 Å². The Morgan fingerprint density at radius 3 is 2.56 bits per heavy atom. The van der Waals surface area contributed by atoms with Gasteiger partial charge < -0.3 is 0 Å². The average Bonchev–Trinajstić information content (AvgIpc) is 3.02. The lowest BCUT2D eigenvalue weighted by molar-refractivity contribution is 0.102. The maximum atomic E-state index is 13.9. The fraction of sp³-hybridized carbons (Fsp3) is 0. The summed E-state index contributed by atoms with van der Waals surface area (Å²) >= 11 is 6.87. The molecule has 140 valence electrons. The van der Waals surface area contributed by atoms with E-state index in [0.717, 1.165) is 35.6 Å². The third-order valence-electron chi connectivity index (χ3n) is 3.32. The van der Waals surface area contributed by atoms with Crippen molar-refractivity contribution in [2.24, 2.45) is 5.14 Å². The van der Waals surface area contributed by atoms with Crippen LogP contribution in [0.1, 0.15) is 10.4 Å². The molecular formula is C15H9ClF2N4O3S2. The molecule has 12 heteroatoms. The molecule has 0 spiro atoms. The van der Waals surface area contributed by atoms with E-state index in [1.807, 2.05) is 0 Å². The van der Waals surface area contributed by atoms with Crippen molar-refractivity contribution in [3.8, 4) is 10.6 Å². The average molecular weight is 431 g/mol. The molecule has 7 nitrogen and oxygen atoms in total. The third kappa shape index (κ3) is 4.27. The van der Waals surface area contributed by atoms with Crippen molar-refractivity contribution in [1.29, 1.82) is 0 Å². The molecule has 0 saturated heterocycles. The molecule has 0 aliphatic heterocycles. The van der Waals surface area contributed by atoms with Gasteiger partial charge in [-0.15, -0.1) is 10.2 Å². The number of sulfonamides is 1. The van der Waals surface area contributed by atoms with Crippen LogP contribution in [-0.2, 0) is 10.0 Å². The lowest BCUT2D eigenvalue weighted by atomic mass is 10.2. The predicted octanol–water partition coefficient (Wildman–Crippen LogP) is 3.04. The number of nitrogens with two attached hydrogens (primary N) is 1. The first-order chi connectivity index (χ1) is 12.6. The van der Waals surface area contributed by atoms with Gasteiger partial charge in [-0.25, -0.2) is 22.3 Å². The highest BCUT2D eigenvalue weighted by atomic mass is 35.5. The van der Waals surface area contributed by atoms with E-state index in [1.165, 1.54) is 12.1 Å². The minimum Gasteiger partial charge on any atom is -0.296 e. The summed E-state index contributed by atoms with van der Waals surface area (Å²) in [6.07, 6.45) is 0. The summed E-state index contributed by atoms with van der Waals surface area (Å²) in [5.41, 5.74) is -0.128. The van der Waals surface area contributed by atoms with Crippen LogP contribution < -0.4 is 10.5 Å². The number of aromatic nitrogens is 2. The standard InChI is InChI=1S/C15H9ClF2N4O3S2/c16-11-5-7(17)1-3-9(11)14-21-22-15(26-14)20-13(23)10-6-8(27(19,24)25)2-4-12(10)18/h1-6H,(H2,19,24,25)(H,20,22,23). The summed E-state index contributed by atoms with van der Waals surface area (Å²) < 4.78 is 49.7. The van der Waals surface area contributed by atoms with Crippen LogP contribution in [-0.4, -0.2) is 24.5 Å². The van der Waals surface area contributed by atoms with Crippen molar-refractivity contribution in [3.63, 3.8) is 0 Å². The molecule has 3 N–H and O–H groups in total. The molecule has 2 aromatic carbocycles. The van der Waals surface area contributed by atoms with Crippen LogP contribution in [0, 0.1) is 11.6 Å². The van der Waals surface area contributed by atoms with E-state index in [4.69, 9.17) is 16.7 Å². The van der Waals surface area contributed by atoms with Crippen LogP contribution in [0.2, 0.25) is 5.02 Å². The Morgan fingerprint density at radius 1 is 1.15 bits per heavy atom. The monoisotopic (exact) mass is 430 g/mol. The van der Waals surface area contributed by atoms with Crippen molar-refractivity contribution in [3.05, 3.63) is 58.6 Å². The van der Waals surface area contributed by atoms with Crippen molar-refractivity contribution in [1.82, 2.24) is 10.2 Å². The summed E-state index contributed by atoms with van der Waals surface area (Å²) in [5.74, 6) is -2.40. The first-order valence-electron chi connectivity index (χ1n) is 7.08. The number of amides is 1. The highest BCUT2D eigenvalue weighted by molar-refractivity contribution is 7.89. The summed E-state index contributed by atoms with van der Waals surface area (Å²) in [6.45, 7) is 0. The molecule has 0 unspecified atom stereocenters. The Labute approximate surface area is 160 Å². The maximum Gasteiger partial charge on any atom is 0.260 e. The Hall–Kier alpha value is -2.47. The van der Waals surface area contributed by atoms with Gasteiger partial charge in [0, 0.05) is 5.56 Å². The number of benzene rings is 2. The van der Waals surface area contributed by atoms with E-state index in [9.17, 15) is 22.0 Å². The van der Waals surface area contributed by atoms with Gasteiger partial charge in [0.25, 0.3) is 5.91 Å². The second-order valence-corrected chi connectivity index (χ2v) is 8.12. The molecular weight excluding hydrogens is 422 g/mol. The highest BCUT2D eigenvalue weighted by Crippen LogP contribution is 2.32.